The van der Waals surface area contributed by atoms with Crippen LogP contribution in [0, 0.1) is 6.92 Å². The van der Waals surface area contributed by atoms with Crippen molar-refractivity contribution in [2.75, 3.05) is 6.54 Å². The van der Waals surface area contributed by atoms with Gasteiger partial charge in [0, 0.05) is 18.4 Å². The third-order valence-corrected chi connectivity index (χ3v) is 1.88. The number of nitrogens with zero attached hydrogens (tertiary/aromatic N) is 1. The minimum Gasteiger partial charge on any atom is -0.334 e. The first-order valence-corrected chi connectivity index (χ1v) is 4.87. The number of hydrogen-bond acceptors (Lipinski definition) is 2. The Hall–Kier alpha value is -1.79. The average Bonchev–Trinajstić information content (AvgIpc) is 2.25. The molecule has 1 heterocycles. The molecule has 0 aromatic carbocycles. The number of carbonyl (C=O) groups is 1. The molecule has 17 heavy (non-hydrogen) atoms. The smallest absolute Gasteiger partial charge is 0.334 e. The number of nitrogens with one attached hydrogen (secondary N) is 2. The van der Waals surface area contributed by atoms with Gasteiger partial charge >= 0.3 is 12.2 Å². The molecule has 0 spiro atoms. The van der Waals surface area contributed by atoms with Crippen molar-refractivity contribution in [1.29, 1.82) is 0 Å². The zero-order valence-corrected chi connectivity index (χ0v) is 9.14. The zero-order valence-electron chi connectivity index (χ0n) is 9.14. The number of alkyl halides is 3. The predicted molar refractivity (Wildman–Crippen MR) is 55.3 cm³/mol. The van der Waals surface area contributed by atoms with E-state index < -0.39 is 18.8 Å². The number of urea groups is 1. The highest BCUT2D eigenvalue weighted by Crippen LogP contribution is 2.11. The number of pyridine rings is 1. The summed E-state index contributed by atoms with van der Waals surface area (Å²) in [6.07, 6.45) is -2.85. The largest absolute Gasteiger partial charge is 0.405 e. The van der Waals surface area contributed by atoms with Crippen LogP contribution in [-0.4, -0.2) is 23.7 Å². The molecule has 0 radical (unpaired) electrons. The van der Waals surface area contributed by atoms with Gasteiger partial charge in [0.1, 0.15) is 6.54 Å². The quantitative estimate of drug-likeness (QED) is 0.855. The summed E-state index contributed by atoms with van der Waals surface area (Å²) in [6, 6.07) is 2.64. The topological polar surface area (TPSA) is 54.0 Å². The molecule has 0 aliphatic heterocycles. The lowest BCUT2D eigenvalue weighted by atomic mass is 10.2. The zero-order chi connectivity index (χ0) is 12.9. The lowest BCUT2D eigenvalue weighted by Crippen LogP contribution is -2.40. The Kier molecular flexibility index (Phi) is 4.30. The Bertz CT molecular complexity index is 375. The van der Waals surface area contributed by atoms with E-state index in [-0.39, 0.29) is 6.54 Å². The van der Waals surface area contributed by atoms with Crippen LogP contribution in [-0.2, 0) is 6.54 Å². The van der Waals surface area contributed by atoms with Gasteiger partial charge < -0.3 is 10.6 Å². The van der Waals surface area contributed by atoms with E-state index >= 15 is 0 Å². The molecule has 2 N–H and O–H groups in total. The van der Waals surface area contributed by atoms with E-state index in [0.29, 0.717) is 0 Å². The number of rotatable bonds is 3. The van der Waals surface area contributed by atoms with Gasteiger partial charge in [0.15, 0.2) is 0 Å². The van der Waals surface area contributed by atoms with Crippen LogP contribution in [0.3, 0.4) is 0 Å². The van der Waals surface area contributed by atoms with Gasteiger partial charge in [-0.05, 0) is 18.6 Å². The Morgan fingerprint density at radius 3 is 2.59 bits per heavy atom. The molecule has 2 amide bonds. The molecular formula is C10H12F3N3O. The maximum absolute atomic E-state index is 11.8. The van der Waals surface area contributed by atoms with Gasteiger partial charge in [-0.15, -0.1) is 0 Å². The molecule has 0 unspecified atom stereocenters. The summed E-state index contributed by atoms with van der Waals surface area (Å²) < 4.78 is 35.3. The molecule has 0 bridgehead atoms. The average molecular weight is 247 g/mol. The third-order valence-electron chi connectivity index (χ3n) is 1.88. The normalized spacial score (nSPS) is 11.1. The Balaban J connectivity index is 2.31. The predicted octanol–water partition coefficient (Wildman–Crippen LogP) is 1.75. The molecule has 4 nitrogen and oxygen atoms in total. The molecule has 1 aromatic heterocycles. The molecule has 0 saturated heterocycles. The minimum absolute atomic E-state index is 0.136. The highest BCUT2D eigenvalue weighted by atomic mass is 19.4. The number of halogens is 3. The maximum Gasteiger partial charge on any atom is 0.405 e. The highest BCUT2D eigenvalue weighted by molar-refractivity contribution is 5.73. The van der Waals surface area contributed by atoms with Gasteiger partial charge in [0.2, 0.25) is 0 Å². The van der Waals surface area contributed by atoms with Crippen molar-refractivity contribution in [3.8, 4) is 0 Å². The summed E-state index contributed by atoms with van der Waals surface area (Å²) in [5.41, 5.74) is 1.55. The van der Waals surface area contributed by atoms with Crippen LogP contribution in [0.15, 0.2) is 18.3 Å². The van der Waals surface area contributed by atoms with E-state index in [1.807, 2.05) is 6.92 Å². The second-order valence-electron chi connectivity index (χ2n) is 3.46. The molecule has 0 fully saturated rings. The van der Waals surface area contributed by atoms with E-state index in [9.17, 15) is 18.0 Å². The fourth-order valence-electron chi connectivity index (χ4n) is 1.03. The van der Waals surface area contributed by atoms with E-state index in [0.717, 1.165) is 11.3 Å². The fourth-order valence-corrected chi connectivity index (χ4v) is 1.03. The lowest BCUT2D eigenvalue weighted by molar-refractivity contribution is -0.122. The molecule has 0 atom stereocenters. The summed E-state index contributed by atoms with van der Waals surface area (Å²) in [4.78, 5) is 15.0. The first-order chi connectivity index (χ1) is 7.87. The van der Waals surface area contributed by atoms with Crippen molar-refractivity contribution in [2.45, 2.75) is 19.6 Å². The van der Waals surface area contributed by atoms with E-state index in [1.54, 1.807) is 23.6 Å². The minimum atomic E-state index is -4.40. The first-order valence-electron chi connectivity index (χ1n) is 4.87. The molecule has 1 aromatic rings. The number of aryl methyl sites for hydroxylation is 1. The summed E-state index contributed by atoms with van der Waals surface area (Å²) in [6.45, 7) is 0.606. The number of carbonyl (C=O) groups excluding carboxylic acids is 1. The summed E-state index contributed by atoms with van der Waals surface area (Å²) >= 11 is 0. The molecule has 94 valence electrons. The van der Waals surface area contributed by atoms with Gasteiger partial charge in [0.05, 0.1) is 0 Å². The van der Waals surface area contributed by atoms with Crippen molar-refractivity contribution >= 4 is 6.03 Å². The summed E-state index contributed by atoms with van der Waals surface area (Å²) in [7, 11) is 0. The van der Waals surface area contributed by atoms with Crippen LogP contribution in [0.5, 0.6) is 0 Å². The van der Waals surface area contributed by atoms with Crippen molar-refractivity contribution in [3.63, 3.8) is 0 Å². The van der Waals surface area contributed by atoms with Crippen LogP contribution in [0.2, 0.25) is 0 Å². The summed E-state index contributed by atoms with van der Waals surface area (Å²) in [5, 5.41) is 4.01. The van der Waals surface area contributed by atoms with Crippen LogP contribution in [0.1, 0.15) is 11.3 Å². The van der Waals surface area contributed by atoms with Crippen LogP contribution < -0.4 is 10.6 Å². The second-order valence-corrected chi connectivity index (χ2v) is 3.46. The third kappa shape index (κ3) is 5.74. The van der Waals surface area contributed by atoms with Gasteiger partial charge in [-0.3, -0.25) is 4.98 Å². The maximum atomic E-state index is 11.8. The van der Waals surface area contributed by atoms with Crippen LogP contribution >= 0.6 is 0 Å². The Morgan fingerprint density at radius 2 is 2.06 bits per heavy atom. The van der Waals surface area contributed by atoms with Gasteiger partial charge in [-0.2, -0.15) is 13.2 Å². The van der Waals surface area contributed by atoms with Crippen LogP contribution in [0.4, 0.5) is 18.0 Å². The SMILES string of the molecule is Cc1ccc(CNC(=O)NCC(F)(F)F)cn1. The van der Waals surface area contributed by atoms with Crippen molar-refractivity contribution in [1.82, 2.24) is 15.6 Å². The molecular weight excluding hydrogens is 235 g/mol. The van der Waals surface area contributed by atoms with Crippen molar-refractivity contribution < 1.29 is 18.0 Å². The van der Waals surface area contributed by atoms with E-state index in [1.165, 1.54) is 0 Å². The lowest BCUT2D eigenvalue weighted by Gasteiger charge is -2.09. The molecule has 0 saturated carbocycles. The number of aromatic nitrogens is 1. The van der Waals surface area contributed by atoms with Crippen molar-refractivity contribution in [2.24, 2.45) is 0 Å². The molecule has 0 aliphatic rings. The molecule has 7 heteroatoms. The van der Waals surface area contributed by atoms with Gasteiger partial charge in [-0.1, -0.05) is 6.07 Å². The van der Waals surface area contributed by atoms with Crippen LogP contribution in [0.25, 0.3) is 0 Å². The highest BCUT2D eigenvalue weighted by Gasteiger charge is 2.27. The number of amides is 2. The fraction of sp³-hybridized carbons (Fsp3) is 0.400. The summed E-state index contributed by atoms with van der Waals surface area (Å²) in [5.74, 6) is 0. The van der Waals surface area contributed by atoms with Gasteiger partial charge in [-0.25, -0.2) is 4.79 Å². The Morgan fingerprint density at radius 1 is 1.35 bits per heavy atom. The molecule has 0 aliphatic carbocycles. The first kappa shape index (κ1) is 13.3. The van der Waals surface area contributed by atoms with Crippen molar-refractivity contribution in [3.05, 3.63) is 29.6 Å². The second kappa shape index (κ2) is 5.51. The standard InChI is InChI=1S/C10H12F3N3O/c1-7-2-3-8(4-14-7)5-15-9(17)16-6-10(11,12)13/h2-4H,5-6H2,1H3,(H2,15,16,17). The molecule has 1 rings (SSSR count). The monoisotopic (exact) mass is 247 g/mol. The van der Waals surface area contributed by atoms with E-state index in [4.69, 9.17) is 0 Å². The Labute approximate surface area is 96.2 Å². The number of hydrogen-bond donors (Lipinski definition) is 2. The van der Waals surface area contributed by atoms with E-state index in [2.05, 4.69) is 10.3 Å². The van der Waals surface area contributed by atoms with Gasteiger partial charge in [0.25, 0.3) is 0 Å².